The van der Waals surface area contributed by atoms with E-state index in [1.54, 1.807) is 31.3 Å². The molecule has 0 aliphatic heterocycles. The predicted octanol–water partition coefficient (Wildman–Crippen LogP) is 2.52. The van der Waals surface area contributed by atoms with Crippen LogP contribution in [-0.4, -0.2) is 48.5 Å². The first kappa shape index (κ1) is 21.0. The first-order chi connectivity index (χ1) is 13.3. The van der Waals surface area contributed by atoms with Crippen LogP contribution in [0.3, 0.4) is 0 Å². The highest BCUT2D eigenvalue weighted by Crippen LogP contribution is 2.20. The number of carbonyl (C=O) groups is 2. The number of nitro benzene ring substituents is 1. The number of hydrogen-bond acceptors (Lipinski definition) is 7. The molecule has 2 N–H and O–H groups in total. The summed E-state index contributed by atoms with van der Waals surface area (Å²) in [5.74, 6) is -0.662. The molecule has 0 aliphatic carbocycles. The Bertz CT molecular complexity index is 872. The summed E-state index contributed by atoms with van der Waals surface area (Å²) in [7, 11) is 1.54. The van der Waals surface area contributed by atoms with Crippen LogP contribution in [0, 0.1) is 10.1 Å². The van der Waals surface area contributed by atoms with Crippen molar-refractivity contribution in [2.45, 2.75) is 0 Å². The Labute approximate surface area is 165 Å². The second-order valence-corrected chi connectivity index (χ2v) is 6.16. The van der Waals surface area contributed by atoms with Crippen molar-refractivity contribution >= 4 is 34.9 Å². The number of hydrogen-bond donors (Lipinski definition) is 1. The van der Waals surface area contributed by atoms with Gasteiger partial charge >= 0.3 is 5.97 Å². The molecule has 0 aliphatic rings. The first-order valence-electron chi connectivity index (χ1n) is 8.11. The Hall–Kier alpha value is -3.33. The number of anilines is 1. The first-order valence-corrected chi connectivity index (χ1v) is 8.49. The summed E-state index contributed by atoms with van der Waals surface area (Å²) < 4.78 is 10.4. The van der Waals surface area contributed by atoms with Gasteiger partial charge in [-0.05, 0) is 30.3 Å². The van der Waals surface area contributed by atoms with Crippen molar-refractivity contribution in [2.24, 2.45) is 0 Å². The van der Waals surface area contributed by atoms with Gasteiger partial charge in [-0.2, -0.15) is 0 Å². The van der Waals surface area contributed by atoms with E-state index in [4.69, 9.17) is 26.8 Å². The van der Waals surface area contributed by atoms with Crippen LogP contribution < -0.4 is 10.5 Å². The van der Waals surface area contributed by atoms with Crippen molar-refractivity contribution in [3.63, 3.8) is 0 Å². The van der Waals surface area contributed by atoms with Crippen molar-refractivity contribution in [3.05, 3.63) is 63.2 Å². The zero-order chi connectivity index (χ0) is 20.7. The fourth-order valence-electron chi connectivity index (χ4n) is 2.12. The van der Waals surface area contributed by atoms with E-state index < -0.39 is 23.4 Å². The zero-order valence-electron chi connectivity index (χ0n) is 15.0. The zero-order valence-corrected chi connectivity index (χ0v) is 15.7. The van der Waals surface area contributed by atoms with Gasteiger partial charge in [-0.15, -0.1) is 0 Å². The smallest absolute Gasteiger partial charge is 0.340 e. The number of nitrogen functional groups attached to an aromatic ring is 1. The van der Waals surface area contributed by atoms with E-state index in [0.29, 0.717) is 10.8 Å². The predicted molar refractivity (Wildman–Crippen MR) is 102 cm³/mol. The van der Waals surface area contributed by atoms with Crippen molar-refractivity contribution < 1.29 is 24.0 Å². The maximum absolute atomic E-state index is 12.0. The Morgan fingerprint density at radius 3 is 2.50 bits per heavy atom. The van der Waals surface area contributed by atoms with E-state index in [1.807, 2.05) is 0 Å². The average Bonchev–Trinajstić information content (AvgIpc) is 2.67. The lowest BCUT2D eigenvalue weighted by atomic mass is 10.1. The maximum atomic E-state index is 12.0. The standard InChI is InChI=1S/C18H18ClN3O6/c1-21(8-9-27-14-5-2-12(19)3-6-14)17(23)11-28-18(24)15-7-4-13(22(25)26)10-16(15)20/h2-7,10H,8-9,11,20H2,1H3. The number of nitrogens with zero attached hydrogens (tertiary/aromatic N) is 2. The number of carbonyl (C=O) groups excluding carboxylic acids is 2. The molecule has 2 rings (SSSR count). The lowest BCUT2D eigenvalue weighted by molar-refractivity contribution is -0.384. The molecule has 0 spiro atoms. The van der Waals surface area contributed by atoms with Crippen LogP contribution in [0.1, 0.15) is 10.4 Å². The second kappa shape index (κ2) is 9.56. The maximum Gasteiger partial charge on any atom is 0.340 e. The summed E-state index contributed by atoms with van der Waals surface area (Å²) in [4.78, 5) is 35.5. The van der Waals surface area contributed by atoms with Crippen molar-refractivity contribution in [1.29, 1.82) is 0 Å². The molecule has 0 radical (unpaired) electrons. The molecule has 0 fully saturated rings. The highest BCUT2D eigenvalue weighted by atomic mass is 35.5. The largest absolute Gasteiger partial charge is 0.492 e. The normalized spacial score (nSPS) is 10.2. The van der Waals surface area contributed by atoms with Crippen LogP contribution in [0.25, 0.3) is 0 Å². The average molecular weight is 408 g/mol. The molecular formula is C18H18ClN3O6. The van der Waals surface area contributed by atoms with Gasteiger partial charge in [0.15, 0.2) is 6.61 Å². The second-order valence-electron chi connectivity index (χ2n) is 5.72. The van der Waals surface area contributed by atoms with Gasteiger partial charge in [-0.1, -0.05) is 11.6 Å². The van der Waals surface area contributed by atoms with E-state index in [0.717, 1.165) is 12.1 Å². The van der Waals surface area contributed by atoms with Crippen LogP contribution in [0.15, 0.2) is 42.5 Å². The fourth-order valence-corrected chi connectivity index (χ4v) is 2.25. The van der Waals surface area contributed by atoms with Gasteiger partial charge in [-0.25, -0.2) is 4.79 Å². The van der Waals surface area contributed by atoms with E-state index in [1.165, 1.54) is 11.0 Å². The minimum absolute atomic E-state index is 0.0490. The van der Waals surface area contributed by atoms with Crippen molar-refractivity contribution in [1.82, 2.24) is 4.90 Å². The number of benzene rings is 2. The molecule has 28 heavy (non-hydrogen) atoms. The minimum atomic E-state index is -0.841. The van der Waals surface area contributed by atoms with Crippen LogP contribution in [0.2, 0.25) is 5.02 Å². The van der Waals surface area contributed by atoms with E-state index in [-0.39, 0.29) is 30.1 Å². The number of amides is 1. The SMILES string of the molecule is CN(CCOc1ccc(Cl)cc1)C(=O)COC(=O)c1ccc([N+](=O)[O-])cc1N. The quantitative estimate of drug-likeness (QED) is 0.308. The van der Waals surface area contributed by atoms with Crippen molar-refractivity contribution in [3.8, 4) is 5.75 Å². The van der Waals surface area contributed by atoms with Gasteiger partial charge in [0.25, 0.3) is 11.6 Å². The summed E-state index contributed by atoms with van der Waals surface area (Å²) in [6.07, 6.45) is 0. The van der Waals surface area contributed by atoms with Crippen LogP contribution in [-0.2, 0) is 9.53 Å². The number of halogens is 1. The summed E-state index contributed by atoms with van der Waals surface area (Å²) in [5.41, 5.74) is 5.24. The van der Waals surface area contributed by atoms with E-state index in [2.05, 4.69) is 0 Å². The highest BCUT2D eigenvalue weighted by molar-refractivity contribution is 6.30. The molecule has 0 aromatic heterocycles. The third kappa shape index (κ3) is 5.85. The molecule has 0 atom stereocenters. The van der Waals surface area contributed by atoms with Crippen LogP contribution in [0.4, 0.5) is 11.4 Å². The van der Waals surface area contributed by atoms with Gasteiger partial charge < -0.3 is 20.1 Å². The topological polar surface area (TPSA) is 125 Å². The van der Waals surface area contributed by atoms with Gasteiger partial charge in [0.2, 0.25) is 0 Å². The molecule has 2 aromatic rings. The molecule has 0 saturated carbocycles. The molecule has 0 bridgehead atoms. The molecule has 10 heteroatoms. The Kier molecular flexibility index (Phi) is 7.16. The third-order valence-corrected chi connectivity index (χ3v) is 3.98. The third-order valence-electron chi connectivity index (χ3n) is 3.73. The lowest BCUT2D eigenvalue weighted by Gasteiger charge is -2.17. The summed E-state index contributed by atoms with van der Waals surface area (Å²) in [6.45, 7) is 0.0263. The van der Waals surface area contributed by atoms with Gasteiger partial charge in [0.05, 0.1) is 22.7 Å². The number of non-ortho nitro benzene ring substituents is 1. The number of likely N-dealkylation sites (N-methyl/N-ethyl adjacent to an activating group) is 1. The van der Waals surface area contributed by atoms with Gasteiger partial charge in [-0.3, -0.25) is 14.9 Å². The number of nitrogens with two attached hydrogens (primary N) is 1. The Morgan fingerprint density at radius 2 is 1.89 bits per heavy atom. The van der Waals surface area contributed by atoms with Crippen molar-refractivity contribution in [2.75, 3.05) is 32.5 Å². The van der Waals surface area contributed by atoms with Gasteiger partial charge in [0.1, 0.15) is 12.4 Å². The molecule has 9 nitrogen and oxygen atoms in total. The molecule has 2 aromatic carbocycles. The van der Waals surface area contributed by atoms with E-state index in [9.17, 15) is 19.7 Å². The molecular weight excluding hydrogens is 390 g/mol. The van der Waals surface area contributed by atoms with Crippen LogP contribution in [0.5, 0.6) is 5.75 Å². The monoisotopic (exact) mass is 407 g/mol. The fraction of sp³-hybridized carbons (Fsp3) is 0.222. The molecule has 148 valence electrons. The number of rotatable bonds is 8. The molecule has 0 unspecified atom stereocenters. The Balaban J connectivity index is 1.79. The lowest BCUT2D eigenvalue weighted by Crippen LogP contribution is -2.34. The Morgan fingerprint density at radius 1 is 1.21 bits per heavy atom. The van der Waals surface area contributed by atoms with Crippen LogP contribution >= 0.6 is 11.6 Å². The number of nitro groups is 1. The highest BCUT2D eigenvalue weighted by Gasteiger charge is 2.18. The number of ether oxygens (including phenoxy) is 2. The summed E-state index contributed by atoms with van der Waals surface area (Å²) >= 11 is 5.79. The number of esters is 1. The molecule has 1 amide bonds. The minimum Gasteiger partial charge on any atom is -0.492 e. The summed E-state index contributed by atoms with van der Waals surface area (Å²) in [5, 5.41) is 11.3. The molecule has 0 saturated heterocycles. The molecule has 0 heterocycles. The summed E-state index contributed by atoms with van der Waals surface area (Å²) in [6, 6.07) is 10.2. The van der Waals surface area contributed by atoms with Gasteiger partial charge in [0, 0.05) is 24.2 Å². The van der Waals surface area contributed by atoms with E-state index >= 15 is 0 Å².